The highest BCUT2D eigenvalue weighted by atomic mass is 16.5. The van der Waals surface area contributed by atoms with Gasteiger partial charge in [-0.05, 0) is 24.6 Å². The standard InChI is InChI=1S/C22H28N2O6/c1-15(22(26)23-2)24(13-16-7-6-8-17(9-16)27-3)21(25)14-30-20-11-18(28-4)10-19(12-20)29-5/h6-12,15H,13-14H2,1-5H3,(H,23,26)/t15-/m1/s1. The smallest absolute Gasteiger partial charge is 0.261 e. The van der Waals surface area contributed by atoms with Crippen LogP contribution in [0.15, 0.2) is 42.5 Å². The minimum absolute atomic E-state index is 0.232. The summed E-state index contributed by atoms with van der Waals surface area (Å²) in [6.07, 6.45) is 0. The largest absolute Gasteiger partial charge is 0.497 e. The van der Waals surface area contributed by atoms with Crippen molar-refractivity contribution in [3.63, 3.8) is 0 Å². The molecular weight excluding hydrogens is 388 g/mol. The van der Waals surface area contributed by atoms with Crippen LogP contribution in [-0.2, 0) is 16.1 Å². The number of carbonyl (C=O) groups is 2. The van der Waals surface area contributed by atoms with E-state index in [-0.39, 0.29) is 25.0 Å². The van der Waals surface area contributed by atoms with Gasteiger partial charge in [0.05, 0.1) is 21.3 Å². The number of amides is 2. The van der Waals surface area contributed by atoms with Crippen molar-refractivity contribution in [1.82, 2.24) is 10.2 Å². The number of methoxy groups -OCH3 is 3. The molecule has 8 nitrogen and oxygen atoms in total. The summed E-state index contributed by atoms with van der Waals surface area (Å²) in [5.74, 6) is 1.58. The Morgan fingerprint density at radius 2 is 1.53 bits per heavy atom. The van der Waals surface area contributed by atoms with E-state index in [0.717, 1.165) is 5.56 Å². The second-order valence-electron chi connectivity index (χ2n) is 6.50. The van der Waals surface area contributed by atoms with Gasteiger partial charge in [-0.15, -0.1) is 0 Å². The maximum atomic E-state index is 13.0. The summed E-state index contributed by atoms with van der Waals surface area (Å²) in [5.41, 5.74) is 0.835. The zero-order chi connectivity index (χ0) is 22.1. The highest BCUT2D eigenvalue weighted by Crippen LogP contribution is 2.27. The van der Waals surface area contributed by atoms with Crippen LogP contribution in [0.3, 0.4) is 0 Å². The van der Waals surface area contributed by atoms with E-state index in [1.807, 2.05) is 24.3 Å². The van der Waals surface area contributed by atoms with Gasteiger partial charge in [-0.25, -0.2) is 0 Å². The lowest BCUT2D eigenvalue weighted by molar-refractivity contribution is -0.142. The predicted molar refractivity (Wildman–Crippen MR) is 112 cm³/mol. The Hall–Kier alpha value is -3.42. The van der Waals surface area contributed by atoms with Crippen LogP contribution in [0.4, 0.5) is 0 Å². The first-order chi connectivity index (χ1) is 14.4. The lowest BCUT2D eigenvalue weighted by Crippen LogP contribution is -2.48. The van der Waals surface area contributed by atoms with Crippen molar-refractivity contribution in [3.8, 4) is 23.0 Å². The van der Waals surface area contributed by atoms with E-state index in [9.17, 15) is 9.59 Å². The number of likely N-dealkylation sites (N-methyl/N-ethyl adjacent to an activating group) is 1. The molecule has 0 unspecified atom stereocenters. The highest BCUT2D eigenvalue weighted by molar-refractivity contribution is 5.87. The molecule has 0 saturated carbocycles. The average molecular weight is 416 g/mol. The van der Waals surface area contributed by atoms with Crippen LogP contribution in [-0.4, -0.2) is 57.7 Å². The van der Waals surface area contributed by atoms with E-state index in [0.29, 0.717) is 23.0 Å². The molecule has 2 rings (SSSR count). The number of rotatable bonds is 10. The van der Waals surface area contributed by atoms with Crippen LogP contribution in [0.1, 0.15) is 12.5 Å². The summed E-state index contributed by atoms with van der Waals surface area (Å²) < 4.78 is 21.3. The van der Waals surface area contributed by atoms with Crippen molar-refractivity contribution in [1.29, 1.82) is 0 Å². The van der Waals surface area contributed by atoms with Gasteiger partial charge in [-0.3, -0.25) is 9.59 Å². The van der Waals surface area contributed by atoms with Gasteiger partial charge in [0.25, 0.3) is 5.91 Å². The lowest BCUT2D eigenvalue weighted by Gasteiger charge is -2.28. The predicted octanol–water partition coefficient (Wildman–Crippen LogP) is 2.25. The molecular formula is C22H28N2O6. The molecule has 2 aromatic carbocycles. The summed E-state index contributed by atoms with van der Waals surface area (Å²) in [7, 11) is 6.17. The topological polar surface area (TPSA) is 86.3 Å². The van der Waals surface area contributed by atoms with Gasteiger partial charge in [0.1, 0.15) is 29.0 Å². The third-order valence-corrected chi connectivity index (χ3v) is 4.59. The van der Waals surface area contributed by atoms with E-state index in [2.05, 4.69) is 5.32 Å². The van der Waals surface area contributed by atoms with Gasteiger partial charge in [-0.2, -0.15) is 0 Å². The van der Waals surface area contributed by atoms with E-state index in [1.165, 1.54) is 26.2 Å². The van der Waals surface area contributed by atoms with Gasteiger partial charge >= 0.3 is 0 Å². The number of nitrogens with one attached hydrogen (secondary N) is 1. The minimum atomic E-state index is -0.683. The molecule has 30 heavy (non-hydrogen) atoms. The van der Waals surface area contributed by atoms with Gasteiger partial charge in [0.15, 0.2) is 6.61 Å². The number of ether oxygens (including phenoxy) is 4. The molecule has 1 N–H and O–H groups in total. The van der Waals surface area contributed by atoms with E-state index in [1.54, 1.807) is 32.2 Å². The Kier molecular flexibility index (Phi) is 8.34. The third kappa shape index (κ3) is 6.04. The minimum Gasteiger partial charge on any atom is -0.497 e. The molecule has 0 aliphatic rings. The molecule has 0 fully saturated rings. The summed E-state index contributed by atoms with van der Waals surface area (Å²) in [6, 6.07) is 11.7. The fourth-order valence-electron chi connectivity index (χ4n) is 2.85. The molecule has 0 aliphatic carbocycles. The monoisotopic (exact) mass is 416 g/mol. The number of benzene rings is 2. The van der Waals surface area contributed by atoms with Crippen molar-refractivity contribution < 1.29 is 28.5 Å². The summed E-state index contributed by atoms with van der Waals surface area (Å²) in [6.45, 7) is 1.66. The molecule has 0 spiro atoms. The van der Waals surface area contributed by atoms with Gasteiger partial charge < -0.3 is 29.2 Å². The molecule has 2 aromatic rings. The molecule has 8 heteroatoms. The Morgan fingerprint density at radius 3 is 2.10 bits per heavy atom. The molecule has 162 valence electrons. The molecule has 0 heterocycles. The molecule has 0 aliphatic heterocycles. The SMILES string of the molecule is CNC(=O)[C@@H](C)N(Cc1cccc(OC)c1)C(=O)COc1cc(OC)cc(OC)c1. The molecule has 0 saturated heterocycles. The Labute approximate surface area is 176 Å². The van der Waals surface area contributed by atoms with E-state index < -0.39 is 6.04 Å². The van der Waals surface area contributed by atoms with Gasteiger partial charge in [0, 0.05) is 31.8 Å². The highest BCUT2D eigenvalue weighted by Gasteiger charge is 2.26. The first-order valence-electron chi connectivity index (χ1n) is 9.41. The second kappa shape index (κ2) is 10.9. The van der Waals surface area contributed by atoms with Crippen LogP contribution in [0, 0.1) is 0 Å². The zero-order valence-corrected chi connectivity index (χ0v) is 17.9. The van der Waals surface area contributed by atoms with Gasteiger partial charge in [-0.1, -0.05) is 12.1 Å². The third-order valence-electron chi connectivity index (χ3n) is 4.59. The van der Waals surface area contributed by atoms with Crippen LogP contribution < -0.4 is 24.3 Å². The molecule has 0 bridgehead atoms. The summed E-state index contributed by atoms with van der Waals surface area (Å²) >= 11 is 0. The fraction of sp³-hybridized carbons (Fsp3) is 0.364. The number of hydrogen-bond acceptors (Lipinski definition) is 6. The van der Waals surface area contributed by atoms with E-state index >= 15 is 0 Å². The molecule has 1 atom stereocenters. The van der Waals surface area contributed by atoms with Crippen molar-refractivity contribution in [2.45, 2.75) is 19.5 Å². The van der Waals surface area contributed by atoms with Crippen molar-refractivity contribution in [2.75, 3.05) is 35.0 Å². The Bertz CT molecular complexity index is 848. The number of hydrogen-bond donors (Lipinski definition) is 1. The molecule has 0 radical (unpaired) electrons. The van der Waals surface area contributed by atoms with Crippen LogP contribution in [0.2, 0.25) is 0 Å². The average Bonchev–Trinajstić information content (AvgIpc) is 2.79. The fourth-order valence-corrected chi connectivity index (χ4v) is 2.85. The lowest BCUT2D eigenvalue weighted by atomic mass is 10.1. The maximum absolute atomic E-state index is 13.0. The molecule has 0 aromatic heterocycles. The summed E-state index contributed by atoms with van der Waals surface area (Å²) in [5, 5.41) is 2.58. The Balaban J connectivity index is 2.19. The van der Waals surface area contributed by atoms with Gasteiger partial charge in [0.2, 0.25) is 5.91 Å². The maximum Gasteiger partial charge on any atom is 0.261 e. The summed E-state index contributed by atoms with van der Waals surface area (Å²) in [4.78, 5) is 26.6. The first-order valence-corrected chi connectivity index (χ1v) is 9.41. The second-order valence-corrected chi connectivity index (χ2v) is 6.50. The molecule has 2 amide bonds. The van der Waals surface area contributed by atoms with Crippen molar-refractivity contribution >= 4 is 11.8 Å². The van der Waals surface area contributed by atoms with Crippen molar-refractivity contribution in [2.24, 2.45) is 0 Å². The number of nitrogens with zero attached hydrogens (tertiary/aromatic N) is 1. The first kappa shape index (κ1) is 22.9. The van der Waals surface area contributed by atoms with Crippen molar-refractivity contribution in [3.05, 3.63) is 48.0 Å². The quantitative estimate of drug-likeness (QED) is 0.639. The zero-order valence-electron chi connectivity index (χ0n) is 17.9. The van der Waals surface area contributed by atoms with E-state index in [4.69, 9.17) is 18.9 Å². The normalized spacial score (nSPS) is 11.2. The van der Waals surface area contributed by atoms with Crippen LogP contribution >= 0.6 is 0 Å². The van der Waals surface area contributed by atoms with Crippen LogP contribution in [0.5, 0.6) is 23.0 Å². The number of carbonyl (C=O) groups excluding carboxylic acids is 2. The Morgan fingerprint density at radius 1 is 0.933 bits per heavy atom. The van der Waals surface area contributed by atoms with Crippen LogP contribution in [0.25, 0.3) is 0 Å².